The quantitative estimate of drug-likeness (QED) is 0.438. The van der Waals surface area contributed by atoms with Gasteiger partial charge < -0.3 is 14.8 Å². The zero-order chi connectivity index (χ0) is 6.69. The first-order valence-electron chi connectivity index (χ1n) is 2.17. The average molecular weight is 129 g/mol. The molecular weight excluding hydrogens is 125 g/mol. The number of nitrogens with zero attached hydrogens (tertiary/aromatic N) is 3. The molecule has 6 nitrogen and oxygen atoms in total. The lowest BCUT2D eigenvalue weighted by molar-refractivity contribution is 0.140. The van der Waals surface area contributed by atoms with Gasteiger partial charge in [0.15, 0.2) is 6.33 Å². The summed E-state index contributed by atoms with van der Waals surface area (Å²) in [6.45, 7) is 0. The van der Waals surface area contributed by atoms with Gasteiger partial charge in [-0.3, -0.25) is 0 Å². The lowest BCUT2D eigenvalue weighted by atomic mass is 10.3. The van der Waals surface area contributed by atoms with Gasteiger partial charge in [-0.05, 0) is 0 Å². The molecule has 0 amide bonds. The summed E-state index contributed by atoms with van der Waals surface area (Å²) in [6, 6.07) is 0. The van der Waals surface area contributed by atoms with E-state index in [1.807, 2.05) is 0 Å². The van der Waals surface area contributed by atoms with Gasteiger partial charge in [-0.15, -0.1) is 9.94 Å². The third-order valence-electron chi connectivity index (χ3n) is 0.600. The van der Waals surface area contributed by atoms with E-state index >= 15 is 0 Å². The molecule has 0 aromatic carbocycles. The SMILES string of the molecule is OB(O)On1cncn1. The summed E-state index contributed by atoms with van der Waals surface area (Å²) in [5, 5.41) is 19.8. The first kappa shape index (κ1) is 6.05. The van der Waals surface area contributed by atoms with Crippen LogP contribution in [0.25, 0.3) is 0 Å². The topological polar surface area (TPSA) is 80.4 Å². The molecule has 0 aliphatic carbocycles. The maximum absolute atomic E-state index is 8.17. The van der Waals surface area contributed by atoms with Crippen LogP contribution in [0.5, 0.6) is 0 Å². The lowest BCUT2D eigenvalue weighted by Gasteiger charge is -1.98. The standard InChI is InChI=1S/C2H4BN3O3/c7-3(8)9-6-2-4-1-5-6/h1-2,7-8H. The Morgan fingerprint density at radius 3 is 2.78 bits per heavy atom. The molecule has 1 rings (SSSR count). The third kappa shape index (κ3) is 1.71. The molecule has 0 saturated heterocycles. The van der Waals surface area contributed by atoms with Gasteiger partial charge in [0.1, 0.15) is 6.33 Å². The van der Waals surface area contributed by atoms with E-state index in [2.05, 4.69) is 14.8 Å². The Balaban J connectivity index is 2.48. The minimum absolute atomic E-state index is 0.838. The van der Waals surface area contributed by atoms with Gasteiger partial charge in [-0.1, -0.05) is 0 Å². The van der Waals surface area contributed by atoms with Crippen molar-refractivity contribution in [1.29, 1.82) is 0 Å². The Kier molecular flexibility index (Phi) is 1.66. The maximum Gasteiger partial charge on any atom is 0.729 e. The molecule has 0 spiro atoms. The van der Waals surface area contributed by atoms with Crippen molar-refractivity contribution >= 4 is 7.32 Å². The fourth-order valence-corrected chi connectivity index (χ4v) is 0.348. The minimum atomic E-state index is -1.85. The van der Waals surface area contributed by atoms with Crippen LogP contribution in [-0.2, 0) is 0 Å². The molecule has 0 aliphatic heterocycles. The summed E-state index contributed by atoms with van der Waals surface area (Å²) in [5.41, 5.74) is 0. The zero-order valence-electron chi connectivity index (χ0n) is 4.38. The van der Waals surface area contributed by atoms with Crippen molar-refractivity contribution < 1.29 is 14.8 Å². The van der Waals surface area contributed by atoms with Gasteiger partial charge in [-0.2, -0.15) is 0 Å². The van der Waals surface area contributed by atoms with Crippen LogP contribution in [0.15, 0.2) is 12.7 Å². The monoisotopic (exact) mass is 129 g/mol. The van der Waals surface area contributed by atoms with E-state index in [1.54, 1.807) is 0 Å². The average Bonchev–Trinajstić information content (AvgIpc) is 2.15. The highest BCUT2D eigenvalue weighted by Gasteiger charge is 2.10. The Morgan fingerprint density at radius 1 is 1.56 bits per heavy atom. The van der Waals surface area contributed by atoms with Crippen LogP contribution in [0.2, 0.25) is 0 Å². The summed E-state index contributed by atoms with van der Waals surface area (Å²) in [4.78, 5) is 4.32. The number of aromatic nitrogens is 3. The molecule has 1 heterocycles. The molecule has 2 N–H and O–H groups in total. The van der Waals surface area contributed by atoms with Crippen molar-refractivity contribution in [2.45, 2.75) is 0 Å². The highest BCUT2D eigenvalue weighted by Crippen LogP contribution is 1.72. The lowest BCUT2D eigenvalue weighted by Crippen LogP contribution is -2.29. The van der Waals surface area contributed by atoms with Gasteiger partial charge in [0.25, 0.3) is 0 Å². The molecule has 0 fully saturated rings. The van der Waals surface area contributed by atoms with Crippen molar-refractivity contribution in [2.75, 3.05) is 0 Å². The van der Waals surface area contributed by atoms with Gasteiger partial charge in [0.2, 0.25) is 0 Å². The molecule has 7 heteroatoms. The van der Waals surface area contributed by atoms with Crippen LogP contribution in [0.4, 0.5) is 0 Å². The van der Waals surface area contributed by atoms with Crippen LogP contribution in [0, 0.1) is 0 Å². The van der Waals surface area contributed by atoms with E-state index in [9.17, 15) is 0 Å². The van der Waals surface area contributed by atoms with E-state index in [1.165, 1.54) is 12.7 Å². The number of rotatable bonds is 2. The molecule has 0 radical (unpaired) electrons. The molecular formula is C2H4BN3O3. The predicted octanol–water partition coefficient (Wildman–Crippen LogP) is -2.32. The zero-order valence-corrected chi connectivity index (χ0v) is 4.38. The predicted molar refractivity (Wildman–Crippen MR) is 26.8 cm³/mol. The van der Waals surface area contributed by atoms with Crippen LogP contribution in [-0.4, -0.2) is 32.3 Å². The Labute approximate surface area is 50.8 Å². The highest BCUT2D eigenvalue weighted by molar-refractivity contribution is 6.32. The minimum Gasteiger partial charge on any atom is -0.404 e. The largest absolute Gasteiger partial charge is 0.729 e. The first-order valence-corrected chi connectivity index (χ1v) is 2.17. The van der Waals surface area contributed by atoms with Crippen LogP contribution >= 0.6 is 0 Å². The molecule has 0 bridgehead atoms. The Bertz CT molecular complexity index is 164. The second-order valence-electron chi connectivity index (χ2n) is 1.23. The van der Waals surface area contributed by atoms with E-state index in [0.29, 0.717) is 0 Å². The van der Waals surface area contributed by atoms with E-state index in [4.69, 9.17) is 10.0 Å². The van der Waals surface area contributed by atoms with Crippen LogP contribution < -0.4 is 4.76 Å². The molecule has 0 saturated carbocycles. The van der Waals surface area contributed by atoms with Crippen molar-refractivity contribution in [3.63, 3.8) is 0 Å². The van der Waals surface area contributed by atoms with E-state index in [-0.39, 0.29) is 0 Å². The van der Waals surface area contributed by atoms with Crippen molar-refractivity contribution in [2.24, 2.45) is 0 Å². The molecule has 48 valence electrons. The summed E-state index contributed by atoms with van der Waals surface area (Å²) in [7, 11) is -1.85. The fourth-order valence-electron chi connectivity index (χ4n) is 0.348. The van der Waals surface area contributed by atoms with Crippen LogP contribution in [0.3, 0.4) is 0 Å². The summed E-state index contributed by atoms with van der Waals surface area (Å²) in [6.07, 6.45) is 2.40. The smallest absolute Gasteiger partial charge is 0.404 e. The molecule has 9 heavy (non-hydrogen) atoms. The maximum atomic E-state index is 8.17. The Hall–Kier alpha value is -1.08. The summed E-state index contributed by atoms with van der Waals surface area (Å²) in [5.74, 6) is 0. The van der Waals surface area contributed by atoms with Gasteiger partial charge in [0.05, 0.1) is 0 Å². The van der Waals surface area contributed by atoms with E-state index in [0.717, 1.165) is 4.85 Å². The van der Waals surface area contributed by atoms with Gasteiger partial charge in [-0.25, -0.2) is 4.98 Å². The molecule has 0 unspecified atom stereocenters. The number of hydrogen-bond donors (Lipinski definition) is 2. The normalized spacial score (nSPS) is 9.11. The molecule has 0 aliphatic rings. The third-order valence-corrected chi connectivity index (χ3v) is 0.600. The summed E-state index contributed by atoms with van der Waals surface area (Å²) >= 11 is 0. The van der Waals surface area contributed by atoms with E-state index < -0.39 is 7.32 Å². The van der Waals surface area contributed by atoms with Gasteiger partial charge >= 0.3 is 7.32 Å². The Morgan fingerprint density at radius 2 is 2.33 bits per heavy atom. The second kappa shape index (κ2) is 2.47. The molecule has 1 aromatic heterocycles. The van der Waals surface area contributed by atoms with Crippen molar-refractivity contribution in [3.8, 4) is 0 Å². The molecule has 1 aromatic rings. The second-order valence-corrected chi connectivity index (χ2v) is 1.23. The van der Waals surface area contributed by atoms with Crippen LogP contribution in [0.1, 0.15) is 0 Å². The summed E-state index contributed by atoms with van der Waals surface area (Å²) < 4.78 is 4.21. The number of hydrogen-bond acceptors (Lipinski definition) is 5. The fraction of sp³-hybridized carbons (Fsp3) is 0. The van der Waals surface area contributed by atoms with Crippen molar-refractivity contribution in [1.82, 2.24) is 14.9 Å². The highest BCUT2D eigenvalue weighted by atomic mass is 16.7. The molecule has 0 atom stereocenters. The van der Waals surface area contributed by atoms with Gasteiger partial charge in [0, 0.05) is 0 Å². The first-order chi connectivity index (χ1) is 4.29. The van der Waals surface area contributed by atoms with Crippen molar-refractivity contribution in [3.05, 3.63) is 12.7 Å².